The van der Waals surface area contributed by atoms with E-state index in [0.717, 1.165) is 17.9 Å². The largest absolute Gasteiger partial charge is 0.370 e. The van der Waals surface area contributed by atoms with Gasteiger partial charge in [-0.3, -0.25) is 9.89 Å². The molecule has 2 aromatic heterocycles. The second kappa shape index (κ2) is 5.92. The Balaban J connectivity index is 1.63. The average molecular weight is 303 g/mol. The summed E-state index contributed by atoms with van der Waals surface area (Å²) in [5.41, 5.74) is 1.67. The first-order valence-electron chi connectivity index (χ1n) is 7.47. The number of aromatic nitrogens is 4. The van der Waals surface area contributed by atoms with Crippen LogP contribution < -0.4 is 5.32 Å². The molecule has 22 heavy (non-hydrogen) atoms. The lowest BCUT2D eigenvalue weighted by molar-refractivity contribution is 0.0798. The first-order valence-corrected chi connectivity index (χ1v) is 7.47. The fourth-order valence-electron chi connectivity index (χ4n) is 2.78. The minimum Gasteiger partial charge on any atom is -0.370 e. The Kier molecular flexibility index (Phi) is 3.98. The van der Waals surface area contributed by atoms with Gasteiger partial charge in [0.05, 0.1) is 5.56 Å². The molecule has 118 valence electrons. The number of aryl methyl sites for hydroxylation is 2. The molecule has 0 aliphatic carbocycles. The SMILES string of the molecule is Cc1nc([C@H]2OCC[C@H]2CNC(=O)c2ccn(C)c2C)n[nH]1. The Morgan fingerprint density at radius 2 is 2.36 bits per heavy atom. The van der Waals surface area contributed by atoms with Crippen LogP contribution in [0.25, 0.3) is 0 Å². The number of H-pyrrole nitrogens is 1. The van der Waals surface area contributed by atoms with E-state index in [1.165, 1.54) is 0 Å². The zero-order valence-corrected chi connectivity index (χ0v) is 13.1. The van der Waals surface area contributed by atoms with Gasteiger partial charge in [-0.1, -0.05) is 0 Å². The van der Waals surface area contributed by atoms with Gasteiger partial charge in [0, 0.05) is 38.0 Å². The summed E-state index contributed by atoms with van der Waals surface area (Å²) in [6.45, 7) is 5.03. The fraction of sp³-hybridized carbons (Fsp3) is 0.533. The molecular weight excluding hydrogens is 282 g/mol. The van der Waals surface area contributed by atoms with Crippen molar-refractivity contribution in [3.63, 3.8) is 0 Å². The van der Waals surface area contributed by atoms with Gasteiger partial charge >= 0.3 is 0 Å². The Hall–Kier alpha value is -2.15. The van der Waals surface area contributed by atoms with Gasteiger partial charge < -0.3 is 14.6 Å². The van der Waals surface area contributed by atoms with Crippen LogP contribution in [0.2, 0.25) is 0 Å². The van der Waals surface area contributed by atoms with Gasteiger partial charge in [0.2, 0.25) is 0 Å². The van der Waals surface area contributed by atoms with Crippen molar-refractivity contribution < 1.29 is 9.53 Å². The maximum atomic E-state index is 12.3. The quantitative estimate of drug-likeness (QED) is 0.890. The van der Waals surface area contributed by atoms with Crippen LogP contribution in [-0.2, 0) is 11.8 Å². The molecule has 1 aliphatic heterocycles. The molecule has 2 aromatic rings. The molecule has 0 unspecified atom stereocenters. The molecule has 2 N–H and O–H groups in total. The number of ether oxygens (including phenoxy) is 1. The number of nitrogens with one attached hydrogen (secondary N) is 2. The van der Waals surface area contributed by atoms with Crippen molar-refractivity contribution in [3.05, 3.63) is 35.2 Å². The molecular formula is C15H21N5O2. The van der Waals surface area contributed by atoms with Gasteiger partial charge in [-0.05, 0) is 26.3 Å². The van der Waals surface area contributed by atoms with Crippen LogP contribution >= 0.6 is 0 Å². The molecule has 0 aromatic carbocycles. The van der Waals surface area contributed by atoms with Crippen LogP contribution in [0.15, 0.2) is 12.3 Å². The molecule has 1 fully saturated rings. The molecule has 3 heterocycles. The lowest BCUT2D eigenvalue weighted by Crippen LogP contribution is -2.31. The van der Waals surface area contributed by atoms with Crippen LogP contribution in [0.1, 0.15) is 40.2 Å². The van der Waals surface area contributed by atoms with Crippen LogP contribution in [0, 0.1) is 19.8 Å². The van der Waals surface area contributed by atoms with E-state index < -0.39 is 0 Å². The smallest absolute Gasteiger partial charge is 0.253 e. The van der Waals surface area contributed by atoms with E-state index in [1.54, 1.807) is 0 Å². The van der Waals surface area contributed by atoms with Crippen molar-refractivity contribution in [2.24, 2.45) is 13.0 Å². The Morgan fingerprint density at radius 1 is 1.55 bits per heavy atom. The Labute approximate surface area is 129 Å². The van der Waals surface area contributed by atoms with Crippen LogP contribution in [0.3, 0.4) is 0 Å². The molecule has 1 saturated heterocycles. The van der Waals surface area contributed by atoms with Crippen molar-refractivity contribution in [3.8, 4) is 0 Å². The molecule has 0 bridgehead atoms. The standard InChI is InChI=1S/C15H21N5O2/c1-9-12(4-6-20(9)3)15(21)16-8-11-5-7-22-13(11)14-17-10(2)18-19-14/h4,6,11,13H,5,7-8H2,1-3H3,(H,16,21)(H,17,18,19)/t11-,13-/m0/s1. The van der Waals surface area contributed by atoms with Crippen molar-refractivity contribution in [2.45, 2.75) is 26.4 Å². The summed E-state index contributed by atoms with van der Waals surface area (Å²) in [5, 5.41) is 10.0. The fourth-order valence-corrected chi connectivity index (χ4v) is 2.78. The highest BCUT2D eigenvalue weighted by atomic mass is 16.5. The third-order valence-electron chi connectivity index (χ3n) is 4.24. The van der Waals surface area contributed by atoms with E-state index in [-0.39, 0.29) is 17.9 Å². The molecule has 1 aliphatic rings. The second-order valence-electron chi connectivity index (χ2n) is 5.75. The molecule has 0 radical (unpaired) electrons. The lowest BCUT2D eigenvalue weighted by Gasteiger charge is -2.16. The summed E-state index contributed by atoms with van der Waals surface area (Å²) in [7, 11) is 1.93. The minimum absolute atomic E-state index is 0.0464. The van der Waals surface area contributed by atoms with E-state index in [1.807, 2.05) is 37.7 Å². The minimum atomic E-state index is -0.151. The highest BCUT2D eigenvalue weighted by molar-refractivity contribution is 5.95. The highest BCUT2D eigenvalue weighted by Gasteiger charge is 2.33. The number of hydrogen-bond donors (Lipinski definition) is 2. The first kappa shape index (κ1) is 14.8. The predicted molar refractivity (Wildman–Crippen MR) is 80.4 cm³/mol. The summed E-state index contributed by atoms with van der Waals surface area (Å²) in [6.07, 6.45) is 2.64. The number of aromatic amines is 1. The third kappa shape index (κ3) is 2.76. The molecule has 0 spiro atoms. The Bertz CT molecular complexity index is 675. The summed E-state index contributed by atoms with van der Waals surface area (Å²) in [6, 6.07) is 1.84. The van der Waals surface area contributed by atoms with Crippen LogP contribution in [-0.4, -0.2) is 38.8 Å². The van der Waals surface area contributed by atoms with Gasteiger partial charge in [0.15, 0.2) is 5.82 Å². The summed E-state index contributed by atoms with van der Waals surface area (Å²) >= 11 is 0. The number of carbonyl (C=O) groups is 1. The molecule has 2 atom stereocenters. The second-order valence-corrected chi connectivity index (χ2v) is 5.75. The van der Waals surface area contributed by atoms with E-state index in [0.29, 0.717) is 24.5 Å². The van der Waals surface area contributed by atoms with Gasteiger partial charge in [-0.15, -0.1) is 0 Å². The van der Waals surface area contributed by atoms with Gasteiger partial charge in [-0.2, -0.15) is 5.10 Å². The predicted octanol–water partition coefficient (Wildman–Crippen LogP) is 1.27. The first-order chi connectivity index (χ1) is 10.6. The van der Waals surface area contributed by atoms with Gasteiger partial charge in [0.1, 0.15) is 11.9 Å². The summed E-state index contributed by atoms with van der Waals surface area (Å²) in [5.74, 6) is 1.59. The number of hydrogen-bond acceptors (Lipinski definition) is 4. The van der Waals surface area contributed by atoms with Crippen molar-refractivity contribution in [1.29, 1.82) is 0 Å². The molecule has 1 amide bonds. The van der Waals surface area contributed by atoms with E-state index in [2.05, 4.69) is 20.5 Å². The van der Waals surface area contributed by atoms with E-state index >= 15 is 0 Å². The summed E-state index contributed by atoms with van der Waals surface area (Å²) in [4.78, 5) is 16.6. The third-order valence-corrected chi connectivity index (χ3v) is 4.24. The Morgan fingerprint density at radius 3 is 3.00 bits per heavy atom. The van der Waals surface area contributed by atoms with E-state index in [4.69, 9.17) is 4.74 Å². The molecule has 7 nitrogen and oxygen atoms in total. The number of carbonyl (C=O) groups excluding carboxylic acids is 1. The maximum absolute atomic E-state index is 12.3. The number of amides is 1. The molecule has 3 rings (SSSR count). The molecule has 0 saturated carbocycles. The monoisotopic (exact) mass is 303 g/mol. The normalized spacial score (nSPS) is 21.2. The number of rotatable bonds is 4. The number of nitrogens with zero attached hydrogens (tertiary/aromatic N) is 3. The van der Waals surface area contributed by atoms with Gasteiger partial charge in [-0.25, -0.2) is 4.98 Å². The van der Waals surface area contributed by atoms with Crippen molar-refractivity contribution in [1.82, 2.24) is 25.1 Å². The van der Waals surface area contributed by atoms with Crippen molar-refractivity contribution >= 4 is 5.91 Å². The van der Waals surface area contributed by atoms with Crippen LogP contribution in [0.4, 0.5) is 0 Å². The van der Waals surface area contributed by atoms with Crippen LogP contribution in [0.5, 0.6) is 0 Å². The van der Waals surface area contributed by atoms with E-state index in [9.17, 15) is 4.79 Å². The van der Waals surface area contributed by atoms with Crippen molar-refractivity contribution in [2.75, 3.05) is 13.2 Å². The average Bonchev–Trinajstić information content (AvgIpc) is 3.19. The highest BCUT2D eigenvalue weighted by Crippen LogP contribution is 2.32. The zero-order chi connectivity index (χ0) is 15.7. The maximum Gasteiger partial charge on any atom is 0.253 e. The zero-order valence-electron chi connectivity index (χ0n) is 13.1. The summed E-state index contributed by atoms with van der Waals surface area (Å²) < 4.78 is 7.67. The molecule has 7 heteroatoms. The van der Waals surface area contributed by atoms with Gasteiger partial charge in [0.25, 0.3) is 5.91 Å². The topological polar surface area (TPSA) is 84.8 Å². The lowest BCUT2D eigenvalue weighted by atomic mass is 10.0.